The van der Waals surface area contributed by atoms with Gasteiger partial charge in [0.05, 0.1) is 5.92 Å². The topological polar surface area (TPSA) is 95.5 Å². The van der Waals surface area contributed by atoms with Crippen molar-refractivity contribution in [3.63, 3.8) is 0 Å². The predicted octanol–water partition coefficient (Wildman–Crippen LogP) is 2.97. The lowest BCUT2D eigenvalue weighted by Gasteiger charge is -2.27. The lowest BCUT2D eigenvalue weighted by Crippen LogP contribution is -2.41. The summed E-state index contributed by atoms with van der Waals surface area (Å²) >= 11 is 0. The zero-order valence-corrected chi connectivity index (χ0v) is 13.5. The number of Topliss-reactive ketones (excluding diaryl/α,β-unsaturated/α-hetero) is 1. The number of carbonyl (C=O) groups is 3. The molecular weight excluding hydrogens is 308 g/mol. The number of nitrogens with one attached hydrogen (secondary N) is 2. The SMILES string of the molecule is O=C(Nc1ccc2c(c1)C(=O)CCC2)NC1CCC(C(=O)O)CC1. The molecule has 2 aliphatic rings. The average molecular weight is 330 g/mol. The second-order valence-electron chi connectivity index (χ2n) is 6.63. The number of aliphatic carboxylic acids is 1. The van der Waals surface area contributed by atoms with E-state index in [2.05, 4.69) is 10.6 Å². The second-order valence-corrected chi connectivity index (χ2v) is 6.63. The maximum atomic E-state index is 12.1. The van der Waals surface area contributed by atoms with Crippen LogP contribution in [0.25, 0.3) is 0 Å². The molecule has 0 atom stereocenters. The number of hydrogen-bond donors (Lipinski definition) is 3. The Balaban J connectivity index is 1.55. The molecule has 0 bridgehead atoms. The van der Waals surface area contributed by atoms with Crippen LogP contribution in [0.3, 0.4) is 0 Å². The minimum absolute atomic E-state index is 0.000130. The largest absolute Gasteiger partial charge is 0.481 e. The Kier molecular flexibility index (Phi) is 4.83. The van der Waals surface area contributed by atoms with Crippen LogP contribution in [-0.4, -0.2) is 28.9 Å². The van der Waals surface area contributed by atoms with Crippen molar-refractivity contribution in [1.29, 1.82) is 0 Å². The first-order valence-electron chi connectivity index (χ1n) is 8.49. The van der Waals surface area contributed by atoms with Crippen molar-refractivity contribution in [2.75, 3.05) is 5.32 Å². The smallest absolute Gasteiger partial charge is 0.319 e. The summed E-state index contributed by atoms with van der Waals surface area (Å²) in [6.45, 7) is 0. The monoisotopic (exact) mass is 330 g/mol. The molecule has 0 saturated heterocycles. The lowest BCUT2D eigenvalue weighted by molar-refractivity contribution is -0.142. The fourth-order valence-corrected chi connectivity index (χ4v) is 3.54. The van der Waals surface area contributed by atoms with E-state index >= 15 is 0 Å². The van der Waals surface area contributed by atoms with E-state index in [1.807, 2.05) is 12.1 Å². The van der Waals surface area contributed by atoms with Crippen LogP contribution in [0.5, 0.6) is 0 Å². The van der Waals surface area contributed by atoms with Crippen molar-refractivity contribution in [1.82, 2.24) is 5.32 Å². The molecule has 128 valence electrons. The van der Waals surface area contributed by atoms with Gasteiger partial charge < -0.3 is 15.7 Å². The number of amides is 2. The van der Waals surface area contributed by atoms with E-state index in [-0.39, 0.29) is 23.8 Å². The molecule has 0 aliphatic heterocycles. The van der Waals surface area contributed by atoms with Crippen LogP contribution in [0.4, 0.5) is 10.5 Å². The molecule has 1 saturated carbocycles. The van der Waals surface area contributed by atoms with Gasteiger partial charge in [0.25, 0.3) is 0 Å². The molecule has 2 aliphatic carbocycles. The average Bonchev–Trinajstić information content (AvgIpc) is 2.56. The zero-order chi connectivity index (χ0) is 17.1. The molecule has 0 aromatic heterocycles. The third-order valence-electron chi connectivity index (χ3n) is 4.93. The highest BCUT2D eigenvalue weighted by molar-refractivity contribution is 6.00. The van der Waals surface area contributed by atoms with Gasteiger partial charge in [-0.2, -0.15) is 0 Å². The van der Waals surface area contributed by atoms with Crippen molar-refractivity contribution in [2.24, 2.45) is 5.92 Å². The summed E-state index contributed by atoms with van der Waals surface area (Å²) in [4.78, 5) is 35.0. The van der Waals surface area contributed by atoms with Gasteiger partial charge in [0.2, 0.25) is 0 Å². The number of rotatable bonds is 3. The van der Waals surface area contributed by atoms with E-state index in [0.717, 1.165) is 18.4 Å². The quantitative estimate of drug-likeness (QED) is 0.794. The van der Waals surface area contributed by atoms with Gasteiger partial charge in [-0.1, -0.05) is 6.07 Å². The number of aryl methyl sites for hydroxylation is 1. The highest BCUT2D eigenvalue weighted by atomic mass is 16.4. The van der Waals surface area contributed by atoms with Crippen molar-refractivity contribution in [3.8, 4) is 0 Å². The molecule has 3 N–H and O–H groups in total. The Labute approximate surface area is 140 Å². The Morgan fingerprint density at radius 3 is 2.54 bits per heavy atom. The summed E-state index contributed by atoms with van der Waals surface area (Å²) in [5, 5.41) is 14.7. The van der Waals surface area contributed by atoms with Crippen molar-refractivity contribution in [2.45, 2.75) is 51.0 Å². The van der Waals surface area contributed by atoms with Gasteiger partial charge in [-0.15, -0.1) is 0 Å². The van der Waals surface area contributed by atoms with Gasteiger partial charge in [-0.3, -0.25) is 9.59 Å². The van der Waals surface area contributed by atoms with Crippen molar-refractivity contribution < 1.29 is 19.5 Å². The molecule has 1 fully saturated rings. The number of urea groups is 1. The van der Waals surface area contributed by atoms with E-state index in [1.54, 1.807) is 6.07 Å². The van der Waals surface area contributed by atoms with Gasteiger partial charge in [0.1, 0.15) is 0 Å². The number of ketones is 1. The maximum absolute atomic E-state index is 12.1. The number of carbonyl (C=O) groups excluding carboxylic acids is 2. The van der Waals surface area contributed by atoms with Crippen LogP contribution in [0, 0.1) is 5.92 Å². The lowest BCUT2D eigenvalue weighted by atomic mass is 9.86. The number of benzene rings is 1. The molecule has 1 aromatic carbocycles. The Morgan fingerprint density at radius 2 is 1.83 bits per heavy atom. The molecule has 1 aromatic rings. The first-order valence-corrected chi connectivity index (χ1v) is 8.49. The van der Waals surface area contributed by atoms with E-state index < -0.39 is 5.97 Å². The molecule has 2 amide bonds. The molecule has 0 spiro atoms. The molecule has 0 radical (unpaired) electrons. The summed E-state index contributed by atoms with van der Waals surface area (Å²) in [5.74, 6) is -0.915. The van der Waals surface area contributed by atoms with Gasteiger partial charge in [0.15, 0.2) is 5.78 Å². The Bertz CT molecular complexity index is 663. The van der Waals surface area contributed by atoms with E-state index in [4.69, 9.17) is 5.11 Å². The molecule has 6 heteroatoms. The number of anilines is 1. The normalized spacial score (nSPS) is 23.2. The zero-order valence-electron chi connectivity index (χ0n) is 13.5. The highest BCUT2D eigenvalue weighted by Crippen LogP contribution is 2.26. The molecule has 0 unspecified atom stereocenters. The second kappa shape index (κ2) is 7.03. The standard InChI is InChI=1S/C18H22N2O4/c21-16-3-1-2-11-4-9-14(10-15(11)16)20-18(24)19-13-7-5-12(6-8-13)17(22)23/h4,9-10,12-13H,1-3,5-8H2,(H,22,23)(H2,19,20,24). The van der Waals surface area contributed by atoms with E-state index in [0.29, 0.717) is 43.4 Å². The van der Waals surface area contributed by atoms with Crippen LogP contribution >= 0.6 is 0 Å². The fraction of sp³-hybridized carbons (Fsp3) is 0.500. The number of carboxylic acid groups (broad SMARTS) is 1. The van der Waals surface area contributed by atoms with E-state index in [9.17, 15) is 14.4 Å². The molecule has 6 nitrogen and oxygen atoms in total. The molecular formula is C18H22N2O4. The summed E-state index contributed by atoms with van der Waals surface area (Å²) in [6, 6.07) is 5.16. The summed E-state index contributed by atoms with van der Waals surface area (Å²) in [5.41, 5.74) is 2.37. The molecule has 24 heavy (non-hydrogen) atoms. The van der Waals surface area contributed by atoms with E-state index in [1.165, 1.54) is 0 Å². The highest BCUT2D eigenvalue weighted by Gasteiger charge is 2.26. The molecule has 0 heterocycles. The van der Waals surface area contributed by atoms with Crippen LogP contribution in [-0.2, 0) is 11.2 Å². The minimum atomic E-state index is -0.753. The van der Waals surface area contributed by atoms with Gasteiger partial charge >= 0.3 is 12.0 Å². The third kappa shape index (κ3) is 3.75. The summed E-state index contributed by atoms with van der Waals surface area (Å²) < 4.78 is 0. The Hall–Kier alpha value is -2.37. The minimum Gasteiger partial charge on any atom is -0.481 e. The number of hydrogen-bond acceptors (Lipinski definition) is 3. The van der Waals surface area contributed by atoms with Gasteiger partial charge in [0, 0.05) is 23.7 Å². The van der Waals surface area contributed by atoms with Crippen LogP contribution < -0.4 is 10.6 Å². The first-order chi connectivity index (χ1) is 11.5. The van der Waals surface area contributed by atoms with Crippen LogP contribution in [0.1, 0.15) is 54.4 Å². The first kappa shape index (κ1) is 16.5. The predicted molar refractivity (Wildman–Crippen MR) is 89.2 cm³/mol. The van der Waals surface area contributed by atoms with Crippen LogP contribution in [0.2, 0.25) is 0 Å². The fourth-order valence-electron chi connectivity index (χ4n) is 3.54. The Morgan fingerprint density at radius 1 is 1.08 bits per heavy atom. The van der Waals surface area contributed by atoms with Gasteiger partial charge in [-0.25, -0.2) is 4.79 Å². The molecule has 3 rings (SSSR count). The summed E-state index contributed by atoms with van der Waals surface area (Å²) in [7, 11) is 0. The van der Waals surface area contributed by atoms with Crippen molar-refractivity contribution in [3.05, 3.63) is 29.3 Å². The summed E-state index contributed by atoms with van der Waals surface area (Å²) in [6.07, 6.45) is 4.88. The third-order valence-corrected chi connectivity index (χ3v) is 4.93. The number of fused-ring (bicyclic) bond motifs is 1. The van der Waals surface area contributed by atoms with Crippen LogP contribution in [0.15, 0.2) is 18.2 Å². The number of carboxylic acids is 1. The van der Waals surface area contributed by atoms with Crippen molar-refractivity contribution >= 4 is 23.5 Å². The maximum Gasteiger partial charge on any atom is 0.319 e. The van der Waals surface area contributed by atoms with Gasteiger partial charge in [-0.05, 0) is 56.2 Å².